The summed E-state index contributed by atoms with van der Waals surface area (Å²) >= 11 is 0. The van der Waals surface area contributed by atoms with Gasteiger partial charge in [-0.05, 0) is 38.6 Å². The highest BCUT2D eigenvalue weighted by atomic mass is 16.5. The molecule has 0 fully saturated rings. The molecule has 0 aromatic heterocycles. The van der Waals surface area contributed by atoms with Gasteiger partial charge in [0, 0.05) is 0 Å². The zero-order chi connectivity index (χ0) is 10.9. The molecule has 0 heterocycles. The largest absolute Gasteiger partial charge is 0.462 e. The standard InChI is InChI=1S/C12H17NO2/c1-13-9-5-6-10-15-12(14)11-7-3-2-4-8-11/h2-4,7-8,13H,5-6,9-10H2,1H3. The lowest BCUT2D eigenvalue weighted by atomic mass is 10.2. The van der Waals surface area contributed by atoms with Gasteiger partial charge in [0.25, 0.3) is 0 Å². The quantitative estimate of drug-likeness (QED) is 0.571. The number of benzene rings is 1. The minimum Gasteiger partial charge on any atom is -0.462 e. The Kier molecular flexibility index (Phi) is 5.48. The molecule has 82 valence electrons. The van der Waals surface area contributed by atoms with Gasteiger partial charge in [-0.15, -0.1) is 0 Å². The molecule has 1 rings (SSSR count). The van der Waals surface area contributed by atoms with Crippen LogP contribution in [-0.4, -0.2) is 26.2 Å². The van der Waals surface area contributed by atoms with Gasteiger partial charge in [-0.25, -0.2) is 4.79 Å². The Morgan fingerprint density at radius 2 is 2.00 bits per heavy atom. The summed E-state index contributed by atoms with van der Waals surface area (Å²) in [5, 5.41) is 3.05. The summed E-state index contributed by atoms with van der Waals surface area (Å²) < 4.78 is 5.11. The number of carbonyl (C=O) groups excluding carboxylic acids is 1. The highest BCUT2D eigenvalue weighted by Gasteiger charge is 2.04. The summed E-state index contributed by atoms with van der Waals surface area (Å²) in [6.45, 7) is 1.46. The molecule has 0 saturated carbocycles. The third kappa shape index (κ3) is 4.61. The minimum absolute atomic E-state index is 0.236. The number of carbonyl (C=O) groups is 1. The molecule has 0 spiro atoms. The average Bonchev–Trinajstić information content (AvgIpc) is 2.30. The molecule has 1 aromatic carbocycles. The van der Waals surface area contributed by atoms with Crippen LogP contribution < -0.4 is 5.32 Å². The molecule has 1 N–H and O–H groups in total. The van der Waals surface area contributed by atoms with Gasteiger partial charge in [0.05, 0.1) is 12.2 Å². The van der Waals surface area contributed by atoms with Crippen LogP contribution in [0.5, 0.6) is 0 Å². The highest BCUT2D eigenvalue weighted by molar-refractivity contribution is 5.89. The summed E-state index contributed by atoms with van der Waals surface area (Å²) in [5.41, 5.74) is 0.617. The van der Waals surface area contributed by atoms with Crippen LogP contribution in [0.15, 0.2) is 30.3 Å². The summed E-state index contributed by atoms with van der Waals surface area (Å²) in [7, 11) is 1.91. The van der Waals surface area contributed by atoms with Gasteiger partial charge in [-0.1, -0.05) is 18.2 Å². The van der Waals surface area contributed by atoms with E-state index < -0.39 is 0 Å². The van der Waals surface area contributed by atoms with Crippen molar-refractivity contribution in [1.82, 2.24) is 5.32 Å². The molecule has 0 aliphatic carbocycles. The molecular weight excluding hydrogens is 190 g/mol. The van der Waals surface area contributed by atoms with Crippen LogP contribution in [0.2, 0.25) is 0 Å². The van der Waals surface area contributed by atoms with Crippen LogP contribution in [0.25, 0.3) is 0 Å². The lowest BCUT2D eigenvalue weighted by Gasteiger charge is -2.04. The van der Waals surface area contributed by atoms with E-state index in [4.69, 9.17) is 4.74 Å². The van der Waals surface area contributed by atoms with E-state index in [2.05, 4.69) is 5.32 Å². The van der Waals surface area contributed by atoms with Gasteiger partial charge in [-0.3, -0.25) is 0 Å². The smallest absolute Gasteiger partial charge is 0.338 e. The van der Waals surface area contributed by atoms with Crippen LogP contribution in [0, 0.1) is 0 Å². The first-order chi connectivity index (χ1) is 7.34. The van der Waals surface area contributed by atoms with Crippen molar-refractivity contribution >= 4 is 5.97 Å². The van der Waals surface area contributed by atoms with E-state index in [0.29, 0.717) is 12.2 Å². The summed E-state index contributed by atoms with van der Waals surface area (Å²) in [6.07, 6.45) is 1.93. The van der Waals surface area contributed by atoms with Gasteiger partial charge in [0.1, 0.15) is 0 Å². The van der Waals surface area contributed by atoms with E-state index in [1.165, 1.54) is 0 Å². The van der Waals surface area contributed by atoms with E-state index in [0.717, 1.165) is 19.4 Å². The van der Waals surface area contributed by atoms with Crippen LogP contribution in [0.4, 0.5) is 0 Å². The molecule has 0 unspecified atom stereocenters. The number of unbranched alkanes of at least 4 members (excludes halogenated alkanes) is 1. The van der Waals surface area contributed by atoms with Crippen molar-refractivity contribution in [3.05, 3.63) is 35.9 Å². The van der Waals surface area contributed by atoms with Crippen molar-refractivity contribution < 1.29 is 9.53 Å². The number of ether oxygens (including phenoxy) is 1. The van der Waals surface area contributed by atoms with Crippen LogP contribution in [-0.2, 0) is 4.74 Å². The Morgan fingerprint density at radius 3 is 2.67 bits per heavy atom. The van der Waals surface area contributed by atoms with Gasteiger partial charge < -0.3 is 10.1 Å². The van der Waals surface area contributed by atoms with Crippen LogP contribution in [0.3, 0.4) is 0 Å². The predicted molar refractivity (Wildman–Crippen MR) is 59.9 cm³/mol. The minimum atomic E-state index is -0.236. The monoisotopic (exact) mass is 207 g/mol. The lowest BCUT2D eigenvalue weighted by molar-refractivity contribution is 0.0498. The number of rotatable bonds is 6. The Labute approximate surface area is 90.4 Å². The van der Waals surface area contributed by atoms with Crippen molar-refractivity contribution in [2.24, 2.45) is 0 Å². The molecule has 15 heavy (non-hydrogen) atoms. The number of hydrogen-bond acceptors (Lipinski definition) is 3. The SMILES string of the molecule is CNCCCCOC(=O)c1ccccc1. The third-order valence-electron chi connectivity index (χ3n) is 2.06. The van der Waals surface area contributed by atoms with E-state index >= 15 is 0 Å². The number of nitrogens with one attached hydrogen (secondary N) is 1. The molecular formula is C12H17NO2. The first-order valence-electron chi connectivity index (χ1n) is 5.21. The van der Waals surface area contributed by atoms with Gasteiger partial charge in [0.2, 0.25) is 0 Å². The Morgan fingerprint density at radius 1 is 1.27 bits per heavy atom. The first-order valence-corrected chi connectivity index (χ1v) is 5.21. The molecule has 0 radical (unpaired) electrons. The summed E-state index contributed by atoms with van der Waals surface area (Å²) in [5.74, 6) is -0.236. The van der Waals surface area contributed by atoms with Crippen molar-refractivity contribution in [3.8, 4) is 0 Å². The number of hydrogen-bond donors (Lipinski definition) is 1. The van der Waals surface area contributed by atoms with E-state index in [9.17, 15) is 4.79 Å². The van der Waals surface area contributed by atoms with Gasteiger partial charge in [0.15, 0.2) is 0 Å². The summed E-state index contributed by atoms with van der Waals surface area (Å²) in [6, 6.07) is 9.06. The fourth-order valence-electron chi connectivity index (χ4n) is 1.23. The van der Waals surface area contributed by atoms with Crippen molar-refractivity contribution in [2.45, 2.75) is 12.8 Å². The molecule has 0 aliphatic rings. The highest BCUT2D eigenvalue weighted by Crippen LogP contribution is 2.01. The lowest BCUT2D eigenvalue weighted by Crippen LogP contribution is -2.10. The van der Waals surface area contributed by atoms with Crippen molar-refractivity contribution in [3.63, 3.8) is 0 Å². The average molecular weight is 207 g/mol. The van der Waals surface area contributed by atoms with E-state index in [1.807, 2.05) is 25.2 Å². The molecule has 0 aliphatic heterocycles. The Hall–Kier alpha value is -1.35. The van der Waals surface area contributed by atoms with Crippen LogP contribution in [0.1, 0.15) is 23.2 Å². The Bertz CT molecular complexity index is 285. The zero-order valence-electron chi connectivity index (χ0n) is 9.03. The normalized spacial score (nSPS) is 9.93. The van der Waals surface area contributed by atoms with Crippen LogP contribution >= 0.6 is 0 Å². The topological polar surface area (TPSA) is 38.3 Å². The fourth-order valence-corrected chi connectivity index (χ4v) is 1.23. The number of esters is 1. The molecule has 1 aromatic rings. The maximum Gasteiger partial charge on any atom is 0.338 e. The second kappa shape index (κ2) is 7.01. The molecule has 0 saturated heterocycles. The predicted octanol–water partition coefficient (Wildman–Crippen LogP) is 1.84. The van der Waals surface area contributed by atoms with Crippen molar-refractivity contribution in [1.29, 1.82) is 0 Å². The summed E-state index contributed by atoms with van der Waals surface area (Å²) in [4.78, 5) is 11.4. The molecule has 3 heteroatoms. The first kappa shape index (κ1) is 11.7. The molecule has 3 nitrogen and oxygen atoms in total. The van der Waals surface area contributed by atoms with Gasteiger partial charge in [-0.2, -0.15) is 0 Å². The molecule has 0 amide bonds. The van der Waals surface area contributed by atoms with E-state index in [1.54, 1.807) is 12.1 Å². The maximum atomic E-state index is 11.4. The molecule has 0 atom stereocenters. The third-order valence-corrected chi connectivity index (χ3v) is 2.06. The maximum absolute atomic E-state index is 11.4. The zero-order valence-corrected chi connectivity index (χ0v) is 9.03. The fraction of sp³-hybridized carbons (Fsp3) is 0.417. The van der Waals surface area contributed by atoms with E-state index in [-0.39, 0.29) is 5.97 Å². The second-order valence-electron chi connectivity index (χ2n) is 3.31. The van der Waals surface area contributed by atoms with Gasteiger partial charge >= 0.3 is 5.97 Å². The Balaban J connectivity index is 2.20. The molecule has 0 bridgehead atoms. The second-order valence-corrected chi connectivity index (χ2v) is 3.31. The van der Waals surface area contributed by atoms with Crippen molar-refractivity contribution in [2.75, 3.05) is 20.2 Å².